The van der Waals surface area contributed by atoms with E-state index in [1.807, 2.05) is 0 Å². The molecule has 1 atom stereocenters. The first-order valence-corrected chi connectivity index (χ1v) is 14.2. The molecule has 0 fully saturated rings. The van der Waals surface area contributed by atoms with Gasteiger partial charge < -0.3 is 28.3 Å². The van der Waals surface area contributed by atoms with Gasteiger partial charge in [-0.15, -0.1) is 6.42 Å². The second kappa shape index (κ2) is 33.7. The summed E-state index contributed by atoms with van der Waals surface area (Å²) < 4.78 is 24.9. The molecule has 0 aliphatic rings. The van der Waals surface area contributed by atoms with E-state index in [2.05, 4.69) is 64.7 Å². The summed E-state index contributed by atoms with van der Waals surface area (Å²) in [5, 5.41) is 0. The van der Waals surface area contributed by atoms with Crippen LogP contribution in [0.5, 0.6) is 0 Å². The minimum absolute atomic E-state index is 0. The van der Waals surface area contributed by atoms with Crippen molar-refractivity contribution in [2.24, 2.45) is 0 Å². The molecule has 0 unspecified atom stereocenters. The van der Waals surface area contributed by atoms with Gasteiger partial charge >= 0.3 is 71.1 Å². The van der Waals surface area contributed by atoms with Crippen molar-refractivity contribution >= 4 is 33.3 Å². The smallest absolute Gasteiger partial charge is 0.790 e. The molecule has 0 heterocycles. The number of unbranched alkanes of at least 4 members (excludes halogenated alkanes) is 11. The van der Waals surface area contributed by atoms with Gasteiger partial charge in [0.25, 0.3) is 0 Å². The number of carbonyl (C=O) groups excluding carboxylic acids is 2. The zero-order chi connectivity index (χ0) is 28.3. The van der Waals surface area contributed by atoms with Crippen molar-refractivity contribution in [3.63, 3.8) is 0 Å². The van der Waals surface area contributed by atoms with E-state index in [0.717, 1.165) is 19.3 Å². The molecule has 0 bridgehead atoms. The summed E-state index contributed by atoms with van der Waals surface area (Å²) in [7, 11) is -5.31. The Bertz CT molecular complexity index is 1090. The second-order valence-electron chi connectivity index (χ2n) is 8.24. The van der Waals surface area contributed by atoms with Crippen molar-refractivity contribution in [2.45, 2.75) is 96.5 Å². The Kier molecular flexibility index (Phi) is 38.7. The van der Waals surface area contributed by atoms with Crippen LogP contribution in [0.15, 0.2) is 0 Å². The van der Waals surface area contributed by atoms with E-state index in [0.29, 0.717) is 6.42 Å². The maximum absolute atomic E-state index is 12.1. The minimum Gasteiger partial charge on any atom is -0.790 e. The van der Waals surface area contributed by atoms with Gasteiger partial charge in [0.2, 0.25) is 0 Å². The fourth-order valence-corrected chi connectivity index (χ4v) is 3.47. The average Bonchev–Trinajstić information content (AvgIpc) is 2.87. The van der Waals surface area contributed by atoms with Crippen molar-refractivity contribution in [3.8, 4) is 59.7 Å². The zero-order valence-electron chi connectivity index (χ0n) is 24.5. The number of hydrogen-bond donors (Lipinski definition) is 0. The van der Waals surface area contributed by atoms with Crippen molar-refractivity contribution in [3.05, 3.63) is 0 Å². The van der Waals surface area contributed by atoms with Gasteiger partial charge in [-0.25, -0.2) is 4.79 Å². The van der Waals surface area contributed by atoms with Gasteiger partial charge in [0, 0.05) is 25.2 Å². The molecule has 0 aliphatic heterocycles. The van der Waals surface area contributed by atoms with Crippen molar-refractivity contribution in [1.82, 2.24) is 0 Å². The normalized spacial score (nSPS) is 9.71. The molecule has 0 aromatic heterocycles. The second-order valence-corrected chi connectivity index (χ2v) is 9.39. The van der Waals surface area contributed by atoms with Crippen LogP contribution in [-0.4, -0.2) is 31.3 Å². The van der Waals surface area contributed by atoms with Gasteiger partial charge in [-0.2, -0.15) is 13.5 Å². The summed E-state index contributed by atoms with van der Waals surface area (Å²) in [4.78, 5) is 45.4. The number of ether oxygens (including phenoxy) is 2. The first-order chi connectivity index (χ1) is 18.3. The maximum atomic E-state index is 12.1. The minimum atomic E-state index is -5.31. The summed E-state index contributed by atoms with van der Waals surface area (Å²) in [5.74, 6) is 18.6. The zero-order valence-corrected chi connectivity index (χ0v) is 30.4. The molecule has 0 rings (SSSR count). The Hall–Kier alpha value is -0.800. The third kappa shape index (κ3) is 37.2. The number of esters is 2. The Labute approximate surface area is 310 Å². The Morgan fingerprint density at radius 3 is 1.73 bits per heavy atom. The van der Waals surface area contributed by atoms with Gasteiger partial charge in [-0.05, 0) is 53.8 Å². The molecule has 0 saturated carbocycles. The average molecular weight is 641 g/mol. The number of carbonyl (C=O) groups is 2. The van der Waals surface area contributed by atoms with Crippen molar-refractivity contribution in [1.29, 1.82) is 0 Å². The first kappa shape index (κ1) is 47.1. The molecule has 41 heavy (non-hydrogen) atoms. The predicted octanol–water partition coefficient (Wildman–Crippen LogP) is -0.640. The van der Waals surface area contributed by atoms with Crippen LogP contribution in [0, 0.1) is 59.7 Å². The third-order valence-electron chi connectivity index (χ3n) is 4.96. The van der Waals surface area contributed by atoms with Gasteiger partial charge in [0.05, 0.1) is 14.4 Å². The molecule has 0 amide bonds. The molecule has 0 aromatic carbocycles. The molecule has 0 aliphatic carbocycles. The molecule has 12 heteroatoms. The topological polar surface area (TPSA) is 125 Å². The molecule has 8 nitrogen and oxygen atoms in total. The summed E-state index contributed by atoms with van der Waals surface area (Å²) in [6.45, 7) is 0.886. The Balaban J connectivity index is -0.000000104. The van der Waals surface area contributed by atoms with Crippen molar-refractivity contribution < 1.29 is 110 Å². The van der Waals surface area contributed by atoms with E-state index in [1.54, 1.807) is 0 Å². The van der Waals surface area contributed by atoms with Crippen LogP contribution in [0.2, 0.25) is 0 Å². The summed E-state index contributed by atoms with van der Waals surface area (Å²) in [5.41, 5.74) is 0. The number of hydrogen-bond acceptors (Lipinski definition) is 8. The Morgan fingerprint density at radius 1 is 0.780 bits per heavy atom. The van der Waals surface area contributed by atoms with E-state index in [4.69, 9.17) is 15.9 Å². The molecular weight excluding hydrogens is 585 g/mol. The van der Waals surface area contributed by atoms with Gasteiger partial charge in [-0.3, -0.25) is 4.79 Å². The SMILES string of the molecule is C#CC#CC#CC#CC#CC(=O)OC[C@H](COP(=O)([O-])[O-])OC(=O)CCCCCCCCCCCCCC.S.[HH].[HH].[HH].[HH].[HH].[HH].[HH].[HH].[HH].[Na+].[Na+]. The van der Waals surface area contributed by atoms with Gasteiger partial charge in [0.15, 0.2) is 6.10 Å². The predicted molar refractivity (Wildman–Crippen MR) is 169 cm³/mol. The third-order valence-corrected chi connectivity index (χ3v) is 5.43. The van der Waals surface area contributed by atoms with E-state index in [-0.39, 0.29) is 91.9 Å². The van der Waals surface area contributed by atoms with Crippen LogP contribution in [-0.2, 0) is 28.2 Å². The molecule has 0 N–H and O–H groups in total. The van der Waals surface area contributed by atoms with E-state index in [9.17, 15) is 23.9 Å². The van der Waals surface area contributed by atoms with Crippen LogP contribution in [0.3, 0.4) is 0 Å². The van der Waals surface area contributed by atoms with Crippen LogP contribution >= 0.6 is 21.3 Å². The molecule has 232 valence electrons. The van der Waals surface area contributed by atoms with Gasteiger partial charge in [0.1, 0.15) is 6.61 Å². The quantitative estimate of drug-likeness (QED) is 0.0456. The van der Waals surface area contributed by atoms with Crippen molar-refractivity contribution in [2.75, 3.05) is 13.2 Å². The molecule has 0 spiro atoms. The van der Waals surface area contributed by atoms with E-state index in [1.165, 1.54) is 51.4 Å². The number of phosphoric ester groups is 1. The number of rotatable bonds is 19. The largest absolute Gasteiger partial charge is 1.00 e. The van der Waals surface area contributed by atoms with Crippen LogP contribution in [0.4, 0.5) is 0 Å². The van der Waals surface area contributed by atoms with Crippen LogP contribution < -0.4 is 68.9 Å². The Morgan fingerprint density at radius 2 is 1.24 bits per heavy atom. The van der Waals surface area contributed by atoms with Gasteiger partial charge in [-0.1, -0.05) is 77.6 Å². The van der Waals surface area contributed by atoms with E-state index < -0.39 is 39.1 Å². The molecule has 0 radical (unpaired) electrons. The number of terminal acetylenes is 1. The van der Waals surface area contributed by atoms with E-state index >= 15 is 0 Å². The molecule has 0 aromatic rings. The molecule has 0 saturated heterocycles. The first-order valence-electron chi connectivity index (χ1n) is 12.8. The summed E-state index contributed by atoms with van der Waals surface area (Å²) in [6, 6.07) is 0. The fourth-order valence-electron chi connectivity index (χ4n) is 3.13. The summed E-state index contributed by atoms with van der Waals surface area (Å²) in [6.07, 6.45) is 17.5. The fraction of sp³-hybridized carbons (Fsp3) is 0.586. The summed E-state index contributed by atoms with van der Waals surface area (Å²) >= 11 is 0. The number of phosphoric acid groups is 1. The van der Waals surface area contributed by atoms with Crippen LogP contribution in [0.1, 0.15) is 103 Å². The standard InChI is InChI=1S/C29H37O8P.2Na.H2S.9H2/c1-3-5-7-9-11-13-14-15-16-18-20-22-24-29(31)37-27(26-36-38(32,33)34)25-35-28(30)23-21-19-17-12-10-8-6-4-2;;;;;;;;;;;;/h2,27H,3,5,7,9,11,13-16,18,20,22,24-26H2,1H3,(H2,32,33,34);;;1H2;9*1H/q;2*+1;;;;;;;;;;/p-2/t27-;;;;;;;;;;;;/m1............/s1. The van der Waals surface area contributed by atoms with Crippen LogP contribution in [0.25, 0.3) is 0 Å². The monoisotopic (exact) mass is 640 g/mol. The maximum Gasteiger partial charge on any atom is 1.00 e. The molecular formula is C29H55Na2O8PS.